The van der Waals surface area contributed by atoms with Crippen molar-refractivity contribution in [1.82, 2.24) is 9.97 Å². The van der Waals surface area contributed by atoms with E-state index in [1.165, 1.54) is 29.5 Å². The Morgan fingerprint density at radius 1 is 1.24 bits per heavy atom. The molecule has 0 aliphatic rings. The largest absolute Gasteiger partial charge is 0.431 e. The number of nitro groups is 1. The van der Waals surface area contributed by atoms with Gasteiger partial charge in [0.1, 0.15) is 4.83 Å². The fourth-order valence-electron chi connectivity index (χ4n) is 1.71. The minimum absolute atomic E-state index is 0.00429. The number of hydrogen-bond donors (Lipinski definition) is 0. The summed E-state index contributed by atoms with van der Waals surface area (Å²) in [4.78, 5) is 19.1. The van der Waals surface area contributed by atoms with Crippen LogP contribution >= 0.6 is 34.5 Å². The van der Waals surface area contributed by atoms with Crippen LogP contribution in [0.25, 0.3) is 10.2 Å². The first-order valence-corrected chi connectivity index (χ1v) is 7.20. The summed E-state index contributed by atoms with van der Waals surface area (Å²) in [6.45, 7) is 0. The Morgan fingerprint density at radius 2 is 2.05 bits per heavy atom. The van der Waals surface area contributed by atoms with Gasteiger partial charge >= 0.3 is 5.69 Å². The van der Waals surface area contributed by atoms with Gasteiger partial charge in [0.15, 0.2) is 0 Å². The molecule has 6 nitrogen and oxygen atoms in total. The summed E-state index contributed by atoms with van der Waals surface area (Å²) in [5.74, 6) is 0.145. The zero-order valence-corrected chi connectivity index (χ0v) is 12.4. The van der Waals surface area contributed by atoms with Crippen LogP contribution in [-0.4, -0.2) is 14.9 Å². The molecule has 0 spiro atoms. The number of nitrogens with zero attached hydrogens (tertiary/aromatic N) is 3. The molecule has 0 unspecified atom stereocenters. The summed E-state index contributed by atoms with van der Waals surface area (Å²) in [7, 11) is 0. The summed E-state index contributed by atoms with van der Waals surface area (Å²) >= 11 is 13.0. The second kappa shape index (κ2) is 5.44. The predicted octanol–water partition coefficient (Wildman–Crippen LogP) is 4.70. The van der Waals surface area contributed by atoms with Crippen molar-refractivity contribution in [3.8, 4) is 11.6 Å². The Morgan fingerprint density at radius 3 is 2.81 bits per heavy atom. The average molecular weight is 342 g/mol. The second-order valence-electron chi connectivity index (χ2n) is 3.91. The lowest BCUT2D eigenvalue weighted by molar-refractivity contribution is -0.385. The number of hydrogen-bond acceptors (Lipinski definition) is 6. The van der Waals surface area contributed by atoms with Crippen LogP contribution in [-0.2, 0) is 0 Å². The molecule has 2 aromatic heterocycles. The Hall–Kier alpha value is -1.96. The highest BCUT2D eigenvalue weighted by Gasteiger charge is 2.19. The molecule has 0 bridgehead atoms. The van der Waals surface area contributed by atoms with Crippen LogP contribution in [0.1, 0.15) is 0 Å². The number of thiophene rings is 1. The van der Waals surface area contributed by atoms with Gasteiger partial charge in [-0.3, -0.25) is 10.1 Å². The SMILES string of the molecule is O=[N+]([O-])c1ccc(Cl)cc1Oc1nc(Cl)nc2sccc12. The van der Waals surface area contributed by atoms with Crippen LogP contribution in [0.4, 0.5) is 5.69 Å². The van der Waals surface area contributed by atoms with Gasteiger partial charge in [-0.1, -0.05) is 11.6 Å². The summed E-state index contributed by atoms with van der Waals surface area (Å²) in [6.07, 6.45) is 0. The topological polar surface area (TPSA) is 78.2 Å². The molecule has 106 valence electrons. The highest BCUT2D eigenvalue weighted by Crippen LogP contribution is 2.36. The normalized spacial score (nSPS) is 10.8. The third kappa shape index (κ3) is 2.76. The van der Waals surface area contributed by atoms with E-state index >= 15 is 0 Å². The molecule has 0 radical (unpaired) electrons. The molecule has 9 heteroatoms. The van der Waals surface area contributed by atoms with E-state index in [-0.39, 0.29) is 22.6 Å². The van der Waals surface area contributed by atoms with Crippen LogP contribution in [0.5, 0.6) is 11.6 Å². The molecule has 1 aromatic carbocycles. The van der Waals surface area contributed by atoms with Gasteiger partial charge in [0.2, 0.25) is 16.9 Å². The van der Waals surface area contributed by atoms with E-state index in [2.05, 4.69) is 9.97 Å². The minimum Gasteiger partial charge on any atom is -0.431 e. The number of fused-ring (bicyclic) bond motifs is 1. The van der Waals surface area contributed by atoms with Gasteiger partial charge in [-0.05, 0) is 29.1 Å². The van der Waals surface area contributed by atoms with Crippen molar-refractivity contribution >= 4 is 50.4 Å². The van der Waals surface area contributed by atoms with Crippen molar-refractivity contribution in [2.45, 2.75) is 0 Å². The van der Waals surface area contributed by atoms with Gasteiger partial charge in [-0.15, -0.1) is 11.3 Å². The third-order valence-electron chi connectivity index (χ3n) is 2.59. The van der Waals surface area contributed by atoms with Crippen molar-refractivity contribution in [1.29, 1.82) is 0 Å². The molecule has 0 aliphatic carbocycles. The Kier molecular flexibility index (Phi) is 3.62. The van der Waals surface area contributed by atoms with Gasteiger partial charge in [0, 0.05) is 17.2 Å². The van der Waals surface area contributed by atoms with E-state index in [9.17, 15) is 10.1 Å². The van der Waals surface area contributed by atoms with Gasteiger partial charge in [0.25, 0.3) is 0 Å². The van der Waals surface area contributed by atoms with Crippen molar-refractivity contribution < 1.29 is 9.66 Å². The van der Waals surface area contributed by atoms with Crippen molar-refractivity contribution in [3.05, 3.63) is 50.1 Å². The number of halogens is 2. The molecular weight excluding hydrogens is 337 g/mol. The molecule has 0 atom stereocenters. The Labute approximate surface area is 132 Å². The number of ether oxygens (including phenoxy) is 1. The van der Waals surface area contributed by atoms with Crippen molar-refractivity contribution in [3.63, 3.8) is 0 Å². The van der Waals surface area contributed by atoms with Crippen molar-refractivity contribution in [2.75, 3.05) is 0 Å². The first-order chi connectivity index (χ1) is 10.0. The number of aromatic nitrogens is 2. The smallest absolute Gasteiger partial charge is 0.311 e. The first kappa shape index (κ1) is 14.0. The molecule has 0 amide bonds. The van der Waals surface area contributed by atoms with E-state index in [1.807, 2.05) is 0 Å². The molecule has 0 N–H and O–H groups in total. The fraction of sp³-hybridized carbons (Fsp3) is 0. The molecule has 2 heterocycles. The minimum atomic E-state index is -0.556. The first-order valence-electron chi connectivity index (χ1n) is 5.57. The molecule has 0 fully saturated rings. The number of rotatable bonds is 3. The lowest BCUT2D eigenvalue weighted by Crippen LogP contribution is -1.96. The quantitative estimate of drug-likeness (QED) is 0.392. The predicted molar refractivity (Wildman–Crippen MR) is 80.6 cm³/mol. The van der Waals surface area contributed by atoms with Gasteiger partial charge in [-0.25, -0.2) is 4.98 Å². The Bertz CT molecular complexity index is 853. The lowest BCUT2D eigenvalue weighted by Gasteiger charge is -2.07. The third-order valence-corrected chi connectivity index (χ3v) is 3.80. The highest BCUT2D eigenvalue weighted by atomic mass is 35.5. The van der Waals surface area contributed by atoms with Crippen LogP contribution in [0.3, 0.4) is 0 Å². The number of benzene rings is 1. The monoisotopic (exact) mass is 341 g/mol. The maximum absolute atomic E-state index is 11.0. The van der Waals surface area contributed by atoms with E-state index in [0.717, 1.165) is 0 Å². The number of nitro benzene ring substituents is 1. The van der Waals surface area contributed by atoms with Gasteiger partial charge < -0.3 is 4.74 Å². The standard InChI is InChI=1S/C12H5Cl2N3O3S/c13-6-1-2-8(17(18)19)9(5-6)20-10-7-3-4-21-11(7)16-12(14)15-10/h1-5H. The molecule has 3 aromatic rings. The van der Waals surface area contributed by atoms with Crippen molar-refractivity contribution in [2.24, 2.45) is 0 Å². The van der Waals surface area contributed by atoms with E-state index < -0.39 is 4.92 Å². The van der Waals surface area contributed by atoms with E-state index in [0.29, 0.717) is 15.2 Å². The molecular formula is C12H5Cl2N3O3S. The average Bonchev–Trinajstić information content (AvgIpc) is 2.86. The van der Waals surface area contributed by atoms with E-state index in [4.69, 9.17) is 27.9 Å². The molecule has 0 saturated carbocycles. The zero-order valence-electron chi connectivity index (χ0n) is 10.1. The molecule has 0 aliphatic heterocycles. The van der Waals surface area contributed by atoms with Crippen LogP contribution in [0, 0.1) is 10.1 Å². The lowest BCUT2D eigenvalue weighted by atomic mass is 10.3. The van der Waals surface area contributed by atoms with Crippen LogP contribution < -0.4 is 4.74 Å². The van der Waals surface area contributed by atoms with Gasteiger partial charge in [-0.2, -0.15) is 4.98 Å². The summed E-state index contributed by atoms with van der Waals surface area (Å²) in [6, 6.07) is 5.79. The summed E-state index contributed by atoms with van der Waals surface area (Å²) in [5.41, 5.74) is -0.211. The zero-order chi connectivity index (χ0) is 15.0. The van der Waals surface area contributed by atoms with Gasteiger partial charge in [0.05, 0.1) is 10.3 Å². The molecule has 0 saturated heterocycles. The maximum atomic E-state index is 11.0. The van der Waals surface area contributed by atoms with Crippen LogP contribution in [0.15, 0.2) is 29.6 Å². The molecule has 21 heavy (non-hydrogen) atoms. The molecule has 3 rings (SSSR count). The maximum Gasteiger partial charge on any atom is 0.311 e. The van der Waals surface area contributed by atoms with Crippen LogP contribution in [0.2, 0.25) is 10.3 Å². The van der Waals surface area contributed by atoms with E-state index in [1.54, 1.807) is 11.4 Å². The summed E-state index contributed by atoms with van der Waals surface area (Å²) in [5, 5.41) is 13.8. The fourth-order valence-corrected chi connectivity index (χ4v) is 2.83. The Balaban J connectivity index is 2.12. The second-order valence-corrected chi connectivity index (χ2v) is 5.58. The summed E-state index contributed by atoms with van der Waals surface area (Å²) < 4.78 is 5.55. The highest BCUT2D eigenvalue weighted by molar-refractivity contribution is 7.16.